The molecule has 0 aliphatic carbocycles. The molecule has 1 aromatic heterocycles. The zero-order valence-electron chi connectivity index (χ0n) is 10.3. The Labute approximate surface area is 110 Å². The minimum atomic E-state index is -0.502. The van der Waals surface area contributed by atoms with Crippen molar-refractivity contribution in [2.24, 2.45) is 0 Å². The van der Waals surface area contributed by atoms with Crippen molar-refractivity contribution in [1.82, 2.24) is 9.88 Å². The fourth-order valence-corrected chi connectivity index (χ4v) is 2.09. The van der Waals surface area contributed by atoms with Crippen LogP contribution in [0.25, 0.3) is 11.1 Å². The molecule has 0 unspecified atom stereocenters. The highest BCUT2D eigenvalue weighted by atomic mass is 19.1. The number of aromatic nitrogens is 1. The van der Waals surface area contributed by atoms with E-state index in [1.807, 2.05) is 17.0 Å². The lowest BCUT2D eigenvalue weighted by Crippen LogP contribution is -2.41. The molecule has 1 aromatic carbocycles. The summed E-state index contributed by atoms with van der Waals surface area (Å²) in [5.74, 6) is -0.433. The quantitative estimate of drug-likeness (QED) is 0.774. The monoisotopic (exact) mass is 256 g/mol. The standard InChI is InChI=1S/C15H13FN2O/c16-14-10-13(6-7-17-14)11-2-4-12(5-3-11)15(19)18-8-1-9-18/h2-7,10H,1,8-9H2. The highest BCUT2D eigenvalue weighted by Crippen LogP contribution is 2.21. The summed E-state index contributed by atoms with van der Waals surface area (Å²) in [6.07, 6.45) is 2.52. The van der Waals surface area contributed by atoms with E-state index in [9.17, 15) is 9.18 Å². The maximum Gasteiger partial charge on any atom is 0.253 e. The fraction of sp³-hybridized carbons (Fsp3) is 0.200. The number of pyridine rings is 1. The predicted molar refractivity (Wildman–Crippen MR) is 70.2 cm³/mol. The summed E-state index contributed by atoms with van der Waals surface area (Å²) in [7, 11) is 0. The number of hydrogen-bond donors (Lipinski definition) is 0. The first kappa shape index (κ1) is 11.8. The van der Waals surface area contributed by atoms with E-state index >= 15 is 0 Å². The first-order valence-corrected chi connectivity index (χ1v) is 6.25. The number of hydrogen-bond acceptors (Lipinski definition) is 2. The predicted octanol–water partition coefficient (Wildman–Crippen LogP) is 2.73. The molecule has 0 bridgehead atoms. The Hall–Kier alpha value is -2.23. The second-order valence-corrected chi connectivity index (χ2v) is 4.59. The largest absolute Gasteiger partial charge is 0.339 e. The van der Waals surface area contributed by atoms with Crippen molar-refractivity contribution < 1.29 is 9.18 Å². The number of amides is 1. The Morgan fingerprint density at radius 2 is 1.84 bits per heavy atom. The summed E-state index contributed by atoms with van der Waals surface area (Å²) in [6, 6.07) is 10.4. The lowest BCUT2D eigenvalue weighted by Gasteiger charge is -2.30. The highest BCUT2D eigenvalue weighted by Gasteiger charge is 2.21. The molecule has 1 aliphatic heterocycles. The van der Waals surface area contributed by atoms with E-state index in [4.69, 9.17) is 0 Å². The molecule has 0 radical (unpaired) electrons. The normalized spacial score (nSPS) is 14.1. The lowest BCUT2D eigenvalue weighted by molar-refractivity contribution is 0.0652. The van der Waals surface area contributed by atoms with Gasteiger partial charge in [0.05, 0.1) is 0 Å². The van der Waals surface area contributed by atoms with Gasteiger partial charge in [0.1, 0.15) is 0 Å². The van der Waals surface area contributed by atoms with E-state index < -0.39 is 5.95 Å². The molecule has 1 amide bonds. The lowest BCUT2D eigenvalue weighted by atomic mass is 10.0. The molecule has 4 heteroatoms. The van der Waals surface area contributed by atoms with E-state index in [1.165, 1.54) is 12.3 Å². The number of likely N-dealkylation sites (tertiary alicyclic amines) is 1. The highest BCUT2D eigenvalue weighted by molar-refractivity contribution is 5.95. The maximum atomic E-state index is 13.0. The number of halogens is 1. The minimum Gasteiger partial charge on any atom is -0.339 e. The van der Waals surface area contributed by atoms with Crippen LogP contribution in [0.3, 0.4) is 0 Å². The second-order valence-electron chi connectivity index (χ2n) is 4.59. The zero-order valence-corrected chi connectivity index (χ0v) is 10.3. The third-order valence-corrected chi connectivity index (χ3v) is 3.34. The number of nitrogens with zero attached hydrogens (tertiary/aromatic N) is 2. The second kappa shape index (κ2) is 4.80. The smallest absolute Gasteiger partial charge is 0.253 e. The first-order valence-electron chi connectivity index (χ1n) is 6.25. The maximum absolute atomic E-state index is 13.0. The van der Waals surface area contributed by atoms with Crippen LogP contribution >= 0.6 is 0 Å². The number of carbonyl (C=O) groups excluding carboxylic acids is 1. The number of carbonyl (C=O) groups is 1. The van der Waals surface area contributed by atoms with Gasteiger partial charge < -0.3 is 4.90 Å². The van der Waals surface area contributed by atoms with Crippen LogP contribution in [0.5, 0.6) is 0 Å². The van der Waals surface area contributed by atoms with Crippen LogP contribution in [-0.4, -0.2) is 28.9 Å². The van der Waals surface area contributed by atoms with Crippen LogP contribution < -0.4 is 0 Å². The van der Waals surface area contributed by atoms with Crippen LogP contribution in [0.15, 0.2) is 42.6 Å². The zero-order chi connectivity index (χ0) is 13.2. The van der Waals surface area contributed by atoms with Gasteiger partial charge in [-0.05, 0) is 35.7 Å². The molecule has 96 valence electrons. The van der Waals surface area contributed by atoms with Crippen LogP contribution in [0.2, 0.25) is 0 Å². The van der Waals surface area contributed by atoms with Crippen molar-refractivity contribution in [3.05, 3.63) is 54.1 Å². The average molecular weight is 256 g/mol. The van der Waals surface area contributed by atoms with Gasteiger partial charge in [0, 0.05) is 30.9 Å². The van der Waals surface area contributed by atoms with Crippen LogP contribution in [0, 0.1) is 5.95 Å². The van der Waals surface area contributed by atoms with E-state index in [-0.39, 0.29) is 5.91 Å². The molecule has 3 nitrogen and oxygen atoms in total. The van der Waals surface area contributed by atoms with Gasteiger partial charge in [-0.15, -0.1) is 0 Å². The molecule has 0 atom stereocenters. The molecule has 1 aliphatic rings. The Morgan fingerprint density at radius 3 is 2.42 bits per heavy atom. The van der Waals surface area contributed by atoms with Gasteiger partial charge in [0.2, 0.25) is 5.95 Å². The molecule has 0 saturated carbocycles. The van der Waals surface area contributed by atoms with E-state index in [0.29, 0.717) is 5.56 Å². The topological polar surface area (TPSA) is 33.2 Å². The Balaban J connectivity index is 1.84. The van der Waals surface area contributed by atoms with Gasteiger partial charge in [0.15, 0.2) is 0 Å². The van der Waals surface area contributed by atoms with Crippen LogP contribution in [-0.2, 0) is 0 Å². The number of rotatable bonds is 2. The molecule has 0 N–H and O–H groups in total. The van der Waals surface area contributed by atoms with Crippen molar-refractivity contribution in [2.45, 2.75) is 6.42 Å². The van der Waals surface area contributed by atoms with E-state index in [2.05, 4.69) is 4.98 Å². The third kappa shape index (κ3) is 2.34. The summed E-state index contributed by atoms with van der Waals surface area (Å²) in [4.78, 5) is 17.3. The molecule has 19 heavy (non-hydrogen) atoms. The molecule has 1 fully saturated rings. The van der Waals surface area contributed by atoms with Gasteiger partial charge in [-0.2, -0.15) is 4.39 Å². The van der Waals surface area contributed by atoms with Gasteiger partial charge in [0.25, 0.3) is 5.91 Å². The number of benzene rings is 1. The van der Waals surface area contributed by atoms with Crippen molar-refractivity contribution in [3.63, 3.8) is 0 Å². The molecule has 2 aromatic rings. The minimum absolute atomic E-state index is 0.0682. The van der Waals surface area contributed by atoms with Gasteiger partial charge >= 0.3 is 0 Å². The molecule has 0 spiro atoms. The van der Waals surface area contributed by atoms with Crippen molar-refractivity contribution >= 4 is 5.91 Å². The molecule has 2 heterocycles. The van der Waals surface area contributed by atoms with E-state index in [1.54, 1.807) is 18.2 Å². The summed E-state index contributed by atoms with van der Waals surface area (Å²) in [6.45, 7) is 1.69. The van der Waals surface area contributed by atoms with Crippen LogP contribution in [0.1, 0.15) is 16.8 Å². The molecule has 3 rings (SSSR count). The SMILES string of the molecule is O=C(c1ccc(-c2ccnc(F)c2)cc1)N1CCC1. The average Bonchev–Trinajstić information content (AvgIpc) is 2.37. The summed E-state index contributed by atoms with van der Waals surface area (Å²) in [5, 5.41) is 0. The van der Waals surface area contributed by atoms with Gasteiger partial charge in [-0.3, -0.25) is 4.79 Å². The molecule has 1 saturated heterocycles. The Kier molecular flexibility index (Phi) is 2.99. The summed E-state index contributed by atoms with van der Waals surface area (Å²) < 4.78 is 13.0. The van der Waals surface area contributed by atoms with Crippen molar-refractivity contribution in [3.8, 4) is 11.1 Å². The van der Waals surface area contributed by atoms with Crippen LogP contribution in [0.4, 0.5) is 4.39 Å². The van der Waals surface area contributed by atoms with Crippen molar-refractivity contribution in [2.75, 3.05) is 13.1 Å². The van der Waals surface area contributed by atoms with Gasteiger partial charge in [-0.1, -0.05) is 12.1 Å². The Bertz CT molecular complexity index is 606. The summed E-state index contributed by atoms with van der Waals surface area (Å²) in [5.41, 5.74) is 2.31. The molecular formula is C15H13FN2O. The van der Waals surface area contributed by atoms with Gasteiger partial charge in [-0.25, -0.2) is 4.98 Å². The summed E-state index contributed by atoms with van der Waals surface area (Å²) >= 11 is 0. The molecular weight excluding hydrogens is 243 g/mol. The van der Waals surface area contributed by atoms with E-state index in [0.717, 1.165) is 30.6 Å². The van der Waals surface area contributed by atoms with Crippen molar-refractivity contribution in [1.29, 1.82) is 0 Å². The Morgan fingerprint density at radius 1 is 1.11 bits per heavy atom. The fourth-order valence-electron chi connectivity index (χ4n) is 2.09. The first-order chi connectivity index (χ1) is 9.24. The third-order valence-electron chi connectivity index (χ3n) is 3.34.